The molecular formula is C13H7F3N2O4. The fourth-order valence-electron chi connectivity index (χ4n) is 2.05. The molecule has 6 nitrogen and oxygen atoms in total. The minimum absolute atomic E-state index is 0.104. The Morgan fingerprint density at radius 2 is 2.05 bits per heavy atom. The van der Waals surface area contributed by atoms with Gasteiger partial charge in [0.05, 0.1) is 11.3 Å². The van der Waals surface area contributed by atoms with E-state index in [4.69, 9.17) is 10.4 Å². The zero-order valence-electron chi connectivity index (χ0n) is 10.9. The number of likely N-dealkylation sites (N-methyl/N-ethyl adjacent to an activating group) is 1. The van der Waals surface area contributed by atoms with E-state index in [0.29, 0.717) is 0 Å². The molecule has 9 heteroatoms. The first-order chi connectivity index (χ1) is 10.2. The Morgan fingerprint density at radius 3 is 2.55 bits per heavy atom. The third-order valence-corrected chi connectivity index (χ3v) is 2.93. The molecule has 1 aromatic carbocycles. The average Bonchev–Trinajstić information content (AvgIpc) is 2.62. The molecule has 0 aliphatic carbocycles. The first kappa shape index (κ1) is 15.4. The lowest BCUT2D eigenvalue weighted by atomic mass is 10.0. The van der Waals surface area contributed by atoms with Crippen LogP contribution < -0.4 is 9.64 Å². The first-order valence-electron chi connectivity index (χ1n) is 5.71. The number of carboxylic acids is 1. The summed E-state index contributed by atoms with van der Waals surface area (Å²) in [7, 11) is 1.31. The maximum atomic E-state index is 12.2. The van der Waals surface area contributed by atoms with Crippen molar-refractivity contribution in [3.8, 4) is 11.8 Å². The summed E-state index contributed by atoms with van der Waals surface area (Å²) in [6, 6.07) is 4.42. The Balaban J connectivity index is 2.65. The topological polar surface area (TPSA) is 90.6 Å². The number of carbonyl (C=O) groups is 2. The Hall–Kier alpha value is -3.02. The van der Waals surface area contributed by atoms with Crippen molar-refractivity contribution in [2.24, 2.45) is 0 Å². The molecule has 0 fully saturated rings. The fraction of sp³-hybridized carbons (Fsp3) is 0.154. The van der Waals surface area contributed by atoms with Crippen LogP contribution in [0.4, 0.5) is 18.9 Å². The molecular weight excluding hydrogens is 305 g/mol. The van der Waals surface area contributed by atoms with Crippen molar-refractivity contribution < 1.29 is 32.6 Å². The number of hydrogen-bond acceptors (Lipinski definition) is 4. The predicted octanol–water partition coefficient (Wildman–Crippen LogP) is 1.92. The molecule has 0 spiro atoms. The van der Waals surface area contributed by atoms with Crippen LogP contribution in [0.1, 0.15) is 5.56 Å². The molecule has 1 amide bonds. The van der Waals surface area contributed by atoms with Crippen molar-refractivity contribution in [1.29, 1.82) is 5.26 Å². The van der Waals surface area contributed by atoms with E-state index in [-0.39, 0.29) is 11.3 Å². The molecule has 2 rings (SSSR count). The summed E-state index contributed by atoms with van der Waals surface area (Å²) in [5.41, 5.74) is -1.24. The van der Waals surface area contributed by atoms with Gasteiger partial charge in [0.25, 0.3) is 5.91 Å². The number of ether oxygens (including phenoxy) is 1. The lowest BCUT2D eigenvalue weighted by molar-refractivity contribution is -0.274. The van der Waals surface area contributed by atoms with E-state index < -0.39 is 35.1 Å². The normalized spacial score (nSPS) is 16.1. The molecule has 114 valence electrons. The van der Waals surface area contributed by atoms with E-state index >= 15 is 0 Å². The van der Waals surface area contributed by atoms with Crippen molar-refractivity contribution >= 4 is 23.1 Å². The molecule has 0 radical (unpaired) electrons. The molecule has 1 aliphatic rings. The van der Waals surface area contributed by atoms with Crippen molar-refractivity contribution in [3.05, 3.63) is 29.3 Å². The summed E-state index contributed by atoms with van der Waals surface area (Å²) in [6.45, 7) is 0. The van der Waals surface area contributed by atoms with E-state index in [0.717, 1.165) is 17.0 Å². The van der Waals surface area contributed by atoms with Crippen LogP contribution in [0.2, 0.25) is 0 Å². The van der Waals surface area contributed by atoms with E-state index in [1.54, 1.807) is 0 Å². The summed E-state index contributed by atoms with van der Waals surface area (Å²) >= 11 is 0. The molecule has 1 N–H and O–H groups in total. The van der Waals surface area contributed by atoms with E-state index in [9.17, 15) is 22.8 Å². The highest BCUT2D eigenvalue weighted by Crippen LogP contribution is 2.40. The van der Waals surface area contributed by atoms with Crippen LogP contribution in [0.25, 0.3) is 5.57 Å². The van der Waals surface area contributed by atoms with Gasteiger partial charge in [-0.15, -0.1) is 13.2 Å². The third-order valence-electron chi connectivity index (χ3n) is 2.93. The van der Waals surface area contributed by atoms with Gasteiger partial charge in [-0.3, -0.25) is 4.79 Å². The van der Waals surface area contributed by atoms with Crippen molar-refractivity contribution in [2.45, 2.75) is 6.36 Å². The molecule has 0 saturated heterocycles. The SMILES string of the molecule is CN1C(=O)C(=C(C#N)C(=O)O)c2cc(OC(F)(F)F)ccc21. The lowest BCUT2D eigenvalue weighted by Crippen LogP contribution is -2.21. The van der Waals surface area contributed by atoms with Crippen LogP contribution in [0.15, 0.2) is 23.8 Å². The van der Waals surface area contributed by atoms with Crippen LogP contribution in [0.5, 0.6) is 5.75 Å². The number of nitrogens with zero attached hydrogens (tertiary/aromatic N) is 2. The molecule has 1 aliphatic heterocycles. The van der Waals surface area contributed by atoms with Gasteiger partial charge in [0.2, 0.25) is 0 Å². The number of hydrogen-bond donors (Lipinski definition) is 1. The molecule has 22 heavy (non-hydrogen) atoms. The Morgan fingerprint density at radius 1 is 1.41 bits per heavy atom. The molecule has 0 saturated carbocycles. The quantitative estimate of drug-likeness (QED) is 0.665. The zero-order valence-corrected chi connectivity index (χ0v) is 10.9. The molecule has 1 aromatic rings. The number of nitriles is 1. The summed E-state index contributed by atoms with van der Waals surface area (Å²) in [5.74, 6) is -3.05. The molecule has 1 heterocycles. The van der Waals surface area contributed by atoms with Gasteiger partial charge < -0.3 is 14.7 Å². The van der Waals surface area contributed by atoms with Gasteiger partial charge in [-0.05, 0) is 18.2 Å². The van der Waals surface area contributed by atoms with Crippen LogP contribution >= 0.6 is 0 Å². The number of aliphatic carboxylic acids is 1. The van der Waals surface area contributed by atoms with E-state index in [1.807, 2.05) is 0 Å². The lowest BCUT2D eigenvalue weighted by Gasteiger charge is -2.11. The van der Waals surface area contributed by atoms with E-state index in [1.165, 1.54) is 19.2 Å². The first-order valence-corrected chi connectivity index (χ1v) is 5.71. The van der Waals surface area contributed by atoms with Gasteiger partial charge in [0.1, 0.15) is 11.8 Å². The number of fused-ring (bicyclic) bond motifs is 1. The van der Waals surface area contributed by atoms with Gasteiger partial charge in [-0.1, -0.05) is 0 Å². The van der Waals surface area contributed by atoms with Crippen LogP contribution in [0, 0.1) is 11.3 Å². The molecule has 0 unspecified atom stereocenters. The van der Waals surface area contributed by atoms with Crippen LogP contribution in [0.3, 0.4) is 0 Å². The summed E-state index contributed by atoms with van der Waals surface area (Å²) in [4.78, 5) is 24.1. The second-order valence-corrected chi connectivity index (χ2v) is 4.26. The van der Waals surface area contributed by atoms with Gasteiger partial charge in [0, 0.05) is 12.6 Å². The van der Waals surface area contributed by atoms with E-state index in [2.05, 4.69) is 4.74 Å². The highest BCUT2D eigenvalue weighted by Gasteiger charge is 2.36. The third kappa shape index (κ3) is 2.58. The minimum Gasteiger partial charge on any atom is -0.477 e. The summed E-state index contributed by atoms with van der Waals surface area (Å²) in [6.07, 6.45) is -4.93. The highest BCUT2D eigenvalue weighted by atomic mass is 19.4. The highest BCUT2D eigenvalue weighted by molar-refractivity contribution is 6.36. The second-order valence-electron chi connectivity index (χ2n) is 4.26. The number of carbonyl (C=O) groups excluding carboxylic acids is 1. The average molecular weight is 312 g/mol. The Bertz CT molecular complexity index is 747. The number of carboxylic acid groups (broad SMARTS) is 1. The van der Waals surface area contributed by atoms with Crippen LogP contribution in [-0.2, 0) is 9.59 Å². The number of anilines is 1. The second kappa shape index (κ2) is 5.07. The fourth-order valence-corrected chi connectivity index (χ4v) is 2.05. The summed E-state index contributed by atoms with van der Waals surface area (Å²) < 4.78 is 40.5. The monoisotopic (exact) mass is 312 g/mol. The number of halogens is 3. The minimum atomic E-state index is -4.93. The smallest absolute Gasteiger partial charge is 0.477 e. The van der Waals surface area contributed by atoms with Crippen LogP contribution in [-0.4, -0.2) is 30.4 Å². The number of alkyl halides is 3. The van der Waals surface area contributed by atoms with Crippen molar-refractivity contribution in [2.75, 3.05) is 11.9 Å². The predicted molar refractivity (Wildman–Crippen MR) is 66.7 cm³/mol. The van der Waals surface area contributed by atoms with Crippen molar-refractivity contribution in [3.63, 3.8) is 0 Å². The standard InChI is InChI=1S/C13H7F3N2O4/c1-18-9-3-2-6(22-13(14,15)16)4-7(9)10(11(18)19)8(5-17)12(20)21/h2-4H,1H3,(H,20,21). The van der Waals surface area contributed by atoms with Gasteiger partial charge >= 0.3 is 12.3 Å². The Kier molecular flexibility index (Phi) is 3.54. The van der Waals surface area contributed by atoms with Crippen molar-refractivity contribution in [1.82, 2.24) is 0 Å². The maximum absolute atomic E-state index is 12.2. The van der Waals surface area contributed by atoms with Gasteiger partial charge in [0.15, 0.2) is 5.57 Å². The van der Waals surface area contributed by atoms with Gasteiger partial charge in [-0.2, -0.15) is 5.26 Å². The maximum Gasteiger partial charge on any atom is 0.573 e. The van der Waals surface area contributed by atoms with Gasteiger partial charge in [-0.25, -0.2) is 4.79 Å². The Labute approximate surface area is 121 Å². The number of rotatable bonds is 2. The number of amides is 1. The largest absolute Gasteiger partial charge is 0.573 e. The molecule has 0 bridgehead atoms. The molecule has 0 atom stereocenters. The number of benzene rings is 1. The zero-order chi connectivity index (χ0) is 16.7. The summed E-state index contributed by atoms with van der Waals surface area (Å²) in [5, 5.41) is 17.8. The molecule has 0 aromatic heterocycles.